The van der Waals surface area contributed by atoms with Crippen LogP contribution in [0.25, 0.3) is 0 Å². The first-order valence-electron chi connectivity index (χ1n) is 17.5. The van der Waals surface area contributed by atoms with Gasteiger partial charge in [0.1, 0.15) is 6.29 Å². The number of nitrogens with zero attached hydrogens (tertiary/aromatic N) is 3. The fourth-order valence-electron chi connectivity index (χ4n) is 5.36. The molecular formula is C40H63N3O3. The maximum Gasteiger partial charge on any atom is 0.236 e. The van der Waals surface area contributed by atoms with Crippen LogP contribution in [0.15, 0.2) is 73.8 Å². The Balaban J connectivity index is 0.00000249. The van der Waals surface area contributed by atoms with Gasteiger partial charge in [0.25, 0.3) is 0 Å². The molecule has 2 aromatic carbocycles. The summed E-state index contributed by atoms with van der Waals surface area (Å²) in [5.41, 5.74) is 4.12. The summed E-state index contributed by atoms with van der Waals surface area (Å²) < 4.78 is 5.52. The first-order chi connectivity index (χ1) is 22.3. The van der Waals surface area contributed by atoms with Gasteiger partial charge in [0.15, 0.2) is 0 Å². The molecule has 0 bridgehead atoms. The lowest BCUT2D eigenvalue weighted by Gasteiger charge is -2.39. The van der Waals surface area contributed by atoms with Gasteiger partial charge in [-0.05, 0) is 49.3 Å². The first kappa shape index (κ1) is 40.8. The summed E-state index contributed by atoms with van der Waals surface area (Å²) in [6, 6.07) is 16.5. The number of benzene rings is 2. The summed E-state index contributed by atoms with van der Waals surface area (Å²) in [6.45, 7) is 27.7. The molecule has 3 atom stereocenters. The number of likely N-dealkylation sites (N-methyl/N-ethyl adjacent to an activating group) is 1. The van der Waals surface area contributed by atoms with Gasteiger partial charge in [0.05, 0.1) is 19.2 Å². The average Bonchev–Trinajstić information content (AvgIpc) is 3.09. The highest BCUT2D eigenvalue weighted by Gasteiger charge is 2.28. The van der Waals surface area contributed by atoms with E-state index < -0.39 is 0 Å². The molecule has 3 unspecified atom stereocenters. The highest BCUT2D eigenvalue weighted by Crippen LogP contribution is 2.38. The van der Waals surface area contributed by atoms with Crippen molar-refractivity contribution in [2.24, 2.45) is 5.92 Å². The van der Waals surface area contributed by atoms with E-state index in [1.54, 1.807) is 0 Å². The maximum absolute atomic E-state index is 13.4. The number of carbonyl (C=O) groups is 2. The summed E-state index contributed by atoms with van der Waals surface area (Å²) in [7, 11) is 0. The SMILES string of the molecule is C=CCCN(c1cc(C=O)ccc1C(C)C(C)CC)C(CN(CC=C)CC(=O)N(CC)CCOCC)c1ccccc1.CCCC. The van der Waals surface area contributed by atoms with E-state index in [2.05, 4.69) is 87.9 Å². The lowest BCUT2D eigenvalue weighted by atomic mass is 9.85. The lowest BCUT2D eigenvalue weighted by Crippen LogP contribution is -2.45. The second kappa shape index (κ2) is 24.0. The Hall–Kier alpha value is -3.22. The number of anilines is 1. The molecule has 0 N–H and O–H groups in total. The summed E-state index contributed by atoms with van der Waals surface area (Å²) in [4.78, 5) is 31.9. The zero-order chi connectivity index (χ0) is 34.3. The van der Waals surface area contributed by atoms with Crippen LogP contribution >= 0.6 is 0 Å². The minimum atomic E-state index is -0.0674. The Bertz CT molecular complexity index is 1130. The Labute approximate surface area is 281 Å². The topological polar surface area (TPSA) is 53.1 Å². The summed E-state index contributed by atoms with van der Waals surface area (Å²) in [6.07, 6.45) is 9.22. The predicted octanol–water partition coefficient (Wildman–Crippen LogP) is 8.95. The minimum absolute atomic E-state index is 0.0674. The zero-order valence-electron chi connectivity index (χ0n) is 30.0. The van der Waals surface area contributed by atoms with Crippen molar-refractivity contribution in [3.05, 3.63) is 90.5 Å². The van der Waals surface area contributed by atoms with Crippen molar-refractivity contribution < 1.29 is 14.3 Å². The zero-order valence-corrected chi connectivity index (χ0v) is 30.0. The first-order valence-corrected chi connectivity index (χ1v) is 17.5. The Morgan fingerprint density at radius 2 is 1.63 bits per heavy atom. The van der Waals surface area contributed by atoms with Gasteiger partial charge >= 0.3 is 0 Å². The quantitative estimate of drug-likeness (QED) is 0.0736. The molecule has 0 fully saturated rings. The van der Waals surface area contributed by atoms with Crippen LogP contribution in [0.4, 0.5) is 5.69 Å². The molecule has 46 heavy (non-hydrogen) atoms. The van der Waals surface area contributed by atoms with Crippen molar-refractivity contribution >= 4 is 17.9 Å². The molecule has 6 nitrogen and oxygen atoms in total. The van der Waals surface area contributed by atoms with Gasteiger partial charge in [0, 0.05) is 50.6 Å². The molecule has 0 saturated carbocycles. The van der Waals surface area contributed by atoms with Crippen molar-refractivity contribution in [1.82, 2.24) is 9.80 Å². The molecule has 2 aromatic rings. The molecule has 6 heteroatoms. The molecule has 2 rings (SSSR count). The lowest BCUT2D eigenvalue weighted by molar-refractivity contribution is -0.132. The fourth-order valence-corrected chi connectivity index (χ4v) is 5.36. The van der Waals surface area contributed by atoms with Crippen LogP contribution in [0, 0.1) is 5.92 Å². The number of unbranched alkanes of at least 4 members (excludes halogenated alkanes) is 1. The van der Waals surface area contributed by atoms with Gasteiger partial charge in [-0.1, -0.05) is 108 Å². The van der Waals surface area contributed by atoms with Crippen LogP contribution in [0.2, 0.25) is 0 Å². The van der Waals surface area contributed by atoms with E-state index >= 15 is 0 Å². The van der Waals surface area contributed by atoms with E-state index in [9.17, 15) is 9.59 Å². The Morgan fingerprint density at radius 3 is 2.17 bits per heavy atom. The third-order valence-electron chi connectivity index (χ3n) is 8.74. The molecule has 0 aliphatic carbocycles. The van der Waals surface area contributed by atoms with Gasteiger partial charge in [-0.2, -0.15) is 0 Å². The van der Waals surface area contributed by atoms with E-state index in [1.807, 2.05) is 49.1 Å². The normalized spacial score (nSPS) is 12.8. The summed E-state index contributed by atoms with van der Waals surface area (Å²) in [5.74, 6) is 0.870. The number of hydrogen-bond donors (Lipinski definition) is 0. The smallest absolute Gasteiger partial charge is 0.236 e. The molecule has 0 aliphatic rings. The van der Waals surface area contributed by atoms with E-state index in [1.165, 1.54) is 18.4 Å². The highest BCUT2D eigenvalue weighted by molar-refractivity contribution is 5.79. The van der Waals surface area contributed by atoms with Gasteiger partial charge < -0.3 is 14.5 Å². The largest absolute Gasteiger partial charge is 0.380 e. The van der Waals surface area contributed by atoms with Crippen LogP contribution in [0.1, 0.15) is 108 Å². The molecule has 0 saturated heterocycles. The predicted molar refractivity (Wildman–Crippen MR) is 197 cm³/mol. The highest BCUT2D eigenvalue weighted by atomic mass is 16.5. The number of ether oxygens (including phenoxy) is 1. The summed E-state index contributed by atoms with van der Waals surface area (Å²) >= 11 is 0. The van der Waals surface area contributed by atoms with Crippen molar-refractivity contribution in [2.45, 2.75) is 86.1 Å². The van der Waals surface area contributed by atoms with Crippen molar-refractivity contribution in [3.63, 3.8) is 0 Å². The second-order valence-electron chi connectivity index (χ2n) is 12.0. The van der Waals surface area contributed by atoms with Crippen molar-refractivity contribution in [2.75, 3.05) is 57.4 Å². The molecule has 0 aromatic heterocycles. The van der Waals surface area contributed by atoms with Crippen LogP contribution in [-0.4, -0.2) is 74.5 Å². The molecule has 1 amide bonds. The Morgan fingerprint density at radius 1 is 0.935 bits per heavy atom. The molecule has 256 valence electrons. The molecular weight excluding hydrogens is 570 g/mol. The maximum atomic E-state index is 13.4. The van der Waals surface area contributed by atoms with Gasteiger partial charge in [-0.15, -0.1) is 13.2 Å². The van der Waals surface area contributed by atoms with Gasteiger partial charge in [0.2, 0.25) is 5.91 Å². The number of rotatable bonds is 22. The average molecular weight is 634 g/mol. The molecule has 0 aliphatic heterocycles. The van der Waals surface area contributed by atoms with E-state index in [-0.39, 0.29) is 18.5 Å². The third-order valence-corrected chi connectivity index (χ3v) is 8.74. The van der Waals surface area contributed by atoms with Gasteiger partial charge in [-0.3, -0.25) is 14.5 Å². The number of amides is 1. The molecule has 0 spiro atoms. The van der Waals surface area contributed by atoms with Crippen molar-refractivity contribution in [3.8, 4) is 0 Å². The minimum Gasteiger partial charge on any atom is -0.380 e. The van der Waals surface area contributed by atoms with Crippen molar-refractivity contribution in [1.29, 1.82) is 0 Å². The fraction of sp³-hybridized carbons (Fsp3) is 0.550. The summed E-state index contributed by atoms with van der Waals surface area (Å²) in [5, 5.41) is 0. The standard InChI is InChI=1S/C36H53N3O3.C4H10/c1-8-13-22-39(34-25-31(28-40)19-20-33(34)30(7)29(6)10-3)35(32-17-15-14-16-18-32)26-37(21-9-2)27-36(41)38(11-4)23-24-42-12-5;1-3-4-2/h8-9,14-20,25,28-30,35H,1-2,10-13,21-24,26-27H2,3-7H3;3-4H2,1-2H3. The van der Waals surface area contributed by atoms with E-state index in [0.29, 0.717) is 56.8 Å². The Kier molecular flexibility index (Phi) is 21.3. The number of carbonyl (C=O) groups excluding carboxylic acids is 2. The van der Waals surface area contributed by atoms with Crippen LogP contribution < -0.4 is 4.90 Å². The molecule has 0 radical (unpaired) electrons. The van der Waals surface area contributed by atoms with E-state index in [0.717, 1.165) is 36.9 Å². The van der Waals surface area contributed by atoms with Crippen LogP contribution in [-0.2, 0) is 9.53 Å². The van der Waals surface area contributed by atoms with Crippen LogP contribution in [0.5, 0.6) is 0 Å². The van der Waals surface area contributed by atoms with E-state index in [4.69, 9.17) is 4.74 Å². The molecule has 0 heterocycles. The number of aldehydes is 1. The third kappa shape index (κ3) is 13.6. The second-order valence-corrected chi connectivity index (χ2v) is 12.0. The van der Waals surface area contributed by atoms with Crippen LogP contribution in [0.3, 0.4) is 0 Å². The number of hydrogen-bond acceptors (Lipinski definition) is 5. The van der Waals surface area contributed by atoms with Gasteiger partial charge in [-0.25, -0.2) is 0 Å². The monoisotopic (exact) mass is 633 g/mol.